The Morgan fingerprint density at radius 1 is 0.939 bits per heavy atom. The fourth-order valence-electron chi connectivity index (χ4n) is 4.57. The van der Waals surface area contributed by atoms with Crippen molar-refractivity contribution in [2.75, 3.05) is 6.54 Å². The number of aromatic nitrogens is 2. The van der Waals surface area contributed by atoms with Gasteiger partial charge in [-0.25, -0.2) is 9.98 Å². The minimum Gasteiger partial charge on any atom is -0.332 e. The van der Waals surface area contributed by atoms with Crippen LogP contribution in [0, 0.1) is 11.5 Å². The molecule has 2 heterocycles. The Kier molecular flexibility index (Phi) is 6.03. The molecule has 4 aromatic rings. The van der Waals surface area contributed by atoms with Gasteiger partial charge in [0.15, 0.2) is 6.19 Å². The van der Waals surface area contributed by atoms with Crippen LogP contribution in [-0.2, 0) is 19.5 Å². The topological polar surface area (TPSA) is 69.2 Å². The zero-order valence-corrected chi connectivity index (χ0v) is 18.4. The highest BCUT2D eigenvalue weighted by atomic mass is 15.3. The molecule has 1 aliphatic heterocycles. The molecule has 0 spiro atoms. The molecule has 0 bridgehead atoms. The van der Waals surface area contributed by atoms with E-state index in [-0.39, 0.29) is 6.04 Å². The number of hydrogen-bond acceptors (Lipinski definition) is 3. The van der Waals surface area contributed by atoms with E-state index < -0.39 is 0 Å². The number of fused-ring (bicyclic) bond motifs is 3. The third-order valence-corrected chi connectivity index (χ3v) is 6.10. The van der Waals surface area contributed by atoms with Gasteiger partial charge in [-0.15, -0.1) is 0 Å². The van der Waals surface area contributed by atoms with Gasteiger partial charge in [0.1, 0.15) is 5.82 Å². The van der Waals surface area contributed by atoms with E-state index in [2.05, 4.69) is 75.6 Å². The number of nitriles is 1. The maximum absolute atomic E-state index is 9.53. The van der Waals surface area contributed by atoms with Crippen LogP contribution >= 0.6 is 0 Å². The fraction of sp³-hybridized carbons (Fsp3) is 0.222. The summed E-state index contributed by atoms with van der Waals surface area (Å²) in [4.78, 5) is 12.1. The lowest BCUT2D eigenvalue weighted by atomic mass is 10.0. The van der Waals surface area contributed by atoms with Crippen molar-refractivity contribution in [3.63, 3.8) is 0 Å². The molecule has 1 unspecified atom stereocenters. The molecule has 1 aliphatic rings. The summed E-state index contributed by atoms with van der Waals surface area (Å²) < 4.78 is 2.34. The number of nitrogens with one attached hydrogen (secondary N) is 1. The third-order valence-electron chi connectivity index (χ3n) is 6.10. The highest BCUT2D eigenvalue weighted by molar-refractivity contribution is 5.82. The molecule has 0 fully saturated rings. The number of guanidine groups is 1. The second-order valence-electron chi connectivity index (χ2n) is 8.23. The zero-order valence-electron chi connectivity index (χ0n) is 18.4. The molecule has 0 radical (unpaired) electrons. The van der Waals surface area contributed by atoms with Gasteiger partial charge in [-0.05, 0) is 29.7 Å². The van der Waals surface area contributed by atoms with Crippen molar-refractivity contribution in [2.45, 2.75) is 32.0 Å². The van der Waals surface area contributed by atoms with Crippen LogP contribution in [0.4, 0.5) is 0 Å². The minimum absolute atomic E-state index is 0.0438. The van der Waals surface area contributed by atoms with E-state index in [4.69, 9.17) is 9.98 Å². The number of rotatable bonds is 4. The first-order valence-electron chi connectivity index (χ1n) is 11.3. The van der Waals surface area contributed by atoms with Crippen molar-refractivity contribution >= 4 is 17.0 Å². The summed E-state index contributed by atoms with van der Waals surface area (Å²) in [6, 6.07) is 28.8. The molecule has 1 N–H and O–H groups in total. The minimum atomic E-state index is -0.0438. The number of aryl methyl sites for hydroxylation is 1. The third kappa shape index (κ3) is 4.44. The van der Waals surface area contributed by atoms with E-state index in [9.17, 15) is 5.26 Å². The Morgan fingerprint density at radius 3 is 2.39 bits per heavy atom. The average Bonchev–Trinajstić information content (AvgIpc) is 3.14. The largest absolute Gasteiger partial charge is 0.332 e. The van der Waals surface area contributed by atoms with Gasteiger partial charge in [0.05, 0.1) is 23.6 Å². The fourth-order valence-corrected chi connectivity index (χ4v) is 4.57. The number of aliphatic imine (C=N–C) groups is 1. The van der Waals surface area contributed by atoms with Crippen molar-refractivity contribution in [3.05, 3.63) is 102 Å². The van der Waals surface area contributed by atoms with Crippen molar-refractivity contribution in [1.29, 1.82) is 5.26 Å². The van der Waals surface area contributed by atoms with E-state index in [1.54, 1.807) is 0 Å². The Bertz CT molecular complexity index is 1290. The number of benzene rings is 3. The first kappa shape index (κ1) is 20.8. The molecule has 0 aliphatic carbocycles. The molecular formula is C27H26N6. The maximum atomic E-state index is 9.53. The van der Waals surface area contributed by atoms with E-state index in [0.29, 0.717) is 12.5 Å². The molecule has 0 saturated heterocycles. The summed E-state index contributed by atoms with van der Waals surface area (Å²) in [5, 5.41) is 12.4. The normalized spacial score (nSPS) is 16.2. The Hall–Kier alpha value is -4.11. The molecule has 5 rings (SSSR count). The molecule has 6 nitrogen and oxygen atoms in total. The smallest absolute Gasteiger partial charge is 0.208 e. The first-order chi connectivity index (χ1) is 16.3. The van der Waals surface area contributed by atoms with Crippen LogP contribution in [0.5, 0.6) is 0 Å². The van der Waals surface area contributed by atoms with Gasteiger partial charge in [-0.3, -0.25) is 5.32 Å². The van der Waals surface area contributed by atoms with E-state index in [1.807, 2.05) is 30.3 Å². The van der Waals surface area contributed by atoms with Crippen molar-refractivity contribution < 1.29 is 0 Å². The zero-order chi connectivity index (χ0) is 22.5. The molecule has 1 atom stereocenters. The molecule has 0 amide bonds. The molecule has 33 heavy (non-hydrogen) atoms. The quantitative estimate of drug-likeness (QED) is 0.220. The van der Waals surface area contributed by atoms with E-state index in [0.717, 1.165) is 48.4 Å². The van der Waals surface area contributed by atoms with E-state index >= 15 is 0 Å². The molecule has 3 aromatic carbocycles. The number of nitrogens with zero attached hydrogens (tertiary/aromatic N) is 5. The summed E-state index contributed by atoms with van der Waals surface area (Å²) in [5.41, 5.74) is 4.50. The second kappa shape index (κ2) is 9.58. The average molecular weight is 435 g/mol. The molecule has 1 aromatic heterocycles. The predicted molar refractivity (Wildman–Crippen MR) is 130 cm³/mol. The lowest BCUT2D eigenvalue weighted by molar-refractivity contribution is 0.306. The van der Waals surface area contributed by atoms with Crippen molar-refractivity contribution in [3.8, 4) is 6.19 Å². The Labute approximate surface area is 193 Å². The van der Waals surface area contributed by atoms with Crippen LogP contribution in [0.15, 0.2) is 89.9 Å². The summed E-state index contributed by atoms with van der Waals surface area (Å²) in [6.07, 6.45) is 3.83. The van der Waals surface area contributed by atoms with Crippen molar-refractivity contribution in [1.82, 2.24) is 19.8 Å². The van der Waals surface area contributed by atoms with Crippen LogP contribution in [0.2, 0.25) is 0 Å². The van der Waals surface area contributed by atoms with Crippen LogP contribution in [0.25, 0.3) is 11.0 Å². The summed E-state index contributed by atoms with van der Waals surface area (Å²) >= 11 is 0. The van der Waals surface area contributed by atoms with Crippen LogP contribution in [0.1, 0.15) is 29.4 Å². The van der Waals surface area contributed by atoms with Gasteiger partial charge in [-0.2, -0.15) is 5.26 Å². The van der Waals surface area contributed by atoms with E-state index in [1.165, 1.54) is 5.56 Å². The lowest BCUT2D eigenvalue weighted by Gasteiger charge is -2.31. The van der Waals surface area contributed by atoms with Crippen molar-refractivity contribution in [2.24, 2.45) is 4.99 Å². The van der Waals surface area contributed by atoms with Gasteiger partial charge >= 0.3 is 0 Å². The number of para-hydroxylation sites is 2. The molecule has 0 saturated carbocycles. The first-order valence-corrected chi connectivity index (χ1v) is 11.3. The Balaban J connectivity index is 1.58. The number of imidazole rings is 1. The van der Waals surface area contributed by atoms with Gasteiger partial charge < -0.3 is 9.47 Å². The summed E-state index contributed by atoms with van der Waals surface area (Å²) in [7, 11) is 0. The van der Waals surface area contributed by atoms with Crippen LogP contribution in [-0.4, -0.2) is 27.0 Å². The summed E-state index contributed by atoms with van der Waals surface area (Å²) in [5.74, 6) is 1.62. The highest BCUT2D eigenvalue weighted by Gasteiger charge is 2.31. The van der Waals surface area contributed by atoms with Gasteiger partial charge in [-0.1, -0.05) is 72.8 Å². The van der Waals surface area contributed by atoms with Crippen LogP contribution in [0.3, 0.4) is 0 Å². The summed E-state index contributed by atoms with van der Waals surface area (Å²) in [6.45, 7) is 2.18. The van der Waals surface area contributed by atoms with Crippen LogP contribution < -0.4 is 5.32 Å². The molecule has 6 heteroatoms. The van der Waals surface area contributed by atoms with Gasteiger partial charge in [0, 0.05) is 19.5 Å². The second-order valence-corrected chi connectivity index (χ2v) is 8.23. The van der Waals surface area contributed by atoms with Gasteiger partial charge in [0.2, 0.25) is 5.96 Å². The number of hydrogen-bond donors (Lipinski definition) is 1. The molecular weight excluding hydrogens is 408 g/mol. The van der Waals surface area contributed by atoms with Gasteiger partial charge in [0.25, 0.3) is 0 Å². The highest BCUT2D eigenvalue weighted by Crippen LogP contribution is 2.31. The predicted octanol–water partition coefficient (Wildman–Crippen LogP) is 4.65. The maximum Gasteiger partial charge on any atom is 0.208 e. The molecule has 164 valence electrons. The lowest BCUT2D eigenvalue weighted by Crippen LogP contribution is -2.43. The monoisotopic (exact) mass is 434 g/mol. The standard InChI is InChI=1S/C27H26N6/c28-20-30-27(29-19-22-12-5-2-6-13-22)33-17-9-16-32-24-15-8-7-14-23(24)31-26(32)25(33)18-21-10-3-1-4-11-21/h1-8,10-15,25H,9,16-19H2,(H,29,30). The Morgan fingerprint density at radius 2 is 1.64 bits per heavy atom. The SMILES string of the molecule is N#CNC(=NCc1ccccc1)N1CCCn2c(nc3ccccc32)C1Cc1ccccc1.